The number of hydrogen-bond acceptors (Lipinski definition) is 1. The van der Waals surface area contributed by atoms with Crippen LogP contribution in [0.5, 0.6) is 0 Å². The molecule has 2 aliphatic carbocycles. The molecule has 2 saturated carbocycles. The molecule has 3 heteroatoms. The lowest BCUT2D eigenvalue weighted by Crippen LogP contribution is -2.20. The second-order valence-electron chi connectivity index (χ2n) is 5.68. The summed E-state index contributed by atoms with van der Waals surface area (Å²) in [5, 5.41) is 3.70. The normalized spacial score (nSPS) is 24.8. The molecule has 1 atom stereocenters. The van der Waals surface area contributed by atoms with E-state index in [-0.39, 0.29) is 11.8 Å². The molecular formula is C15H18ClNO. The van der Waals surface area contributed by atoms with E-state index in [4.69, 9.17) is 11.6 Å². The van der Waals surface area contributed by atoms with Gasteiger partial charge in [0.1, 0.15) is 0 Å². The number of nitrogens with one attached hydrogen (secondary N) is 1. The first kappa shape index (κ1) is 12.0. The van der Waals surface area contributed by atoms with Crippen LogP contribution in [0.25, 0.3) is 0 Å². The summed E-state index contributed by atoms with van der Waals surface area (Å²) >= 11 is 5.83. The molecule has 18 heavy (non-hydrogen) atoms. The maximum absolute atomic E-state index is 12.2. The fourth-order valence-electron chi connectivity index (χ4n) is 3.29. The molecular weight excluding hydrogens is 246 g/mol. The van der Waals surface area contributed by atoms with Crippen molar-refractivity contribution in [1.82, 2.24) is 0 Å². The summed E-state index contributed by atoms with van der Waals surface area (Å²) in [6, 6.07) is 7.33. The third-order valence-electron chi connectivity index (χ3n) is 4.47. The zero-order valence-electron chi connectivity index (χ0n) is 10.4. The first-order valence-corrected chi connectivity index (χ1v) is 7.14. The molecule has 2 fully saturated rings. The second-order valence-corrected chi connectivity index (χ2v) is 6.11. The molecule has 2 aliphatic rings. The van der Waals surface area contributed by atoms with Gasteiger partial charge in [-0.25, -0.2) is 0 Å². The fourth-order valence-corrected chi connectivity index (χ4v) is 3.42. The van der Waals surface area contributed by atoms with E-state index < -0.39 is 0 Å². The summed E-state index contributed by atoms with van der Waals surface area (Å²) in [5.41, 5.74) is 1.21. The highest BCUT2D eigenvalue weighted by Gasteiger charge is 2.57. The van der Waals surface area contributed by atoms with Crippen LogP contribution in [-0.2, 0) is 4.79 Å². The van der Waals surface area contributed by atoms with Gasteiger partial charge in [-0.2, -0.15) is 0 Å². The van der Waals surface area contributed by atoms with Gasteiger partial charge in [0.25, 0.3) is 0 Å². The van der Waals surface area contributed by atoms with Crippen LogP contribution in [0, 0.1) is 11.3 Å². The summed E-state index contributed by atoms with van der Waals surface area (Å²) in [7, 11) is 0. The molecule has 2 nitrogen and oxygen atoms in total. The topological polar surface area (TPSA) is 29.1 Å². The van der Waals surface area contributed by atoms with E-state index in [0.29, 0.717) is 10.4 Å². The van der Waals surface area contributed by atoms with Gasteiger partial charge in [-0.05, 0) is 48.9 Å². The van der Waals surface area contributed by atoms with E-state index in [1.165, 1.54) is 32.1 Å². The number of halogens is 1. The molecule has 1 aromatic rings. The van der Waals surface area contributed by atoms with Gasteiger partial charge in [-0.3, -0.25) is 4.79 Å². The maximum atomic E-state index is 12.2. The highest BCUT2D eigenvalue weighted by Crippen LogP contribution is 2.61. The standard InChI is InChI=1S/C15H18ClNO/c16-11-4-6-12(7-5-11)17-14(18)13-10-15(13)8-2-1-3-9-15/h4-7,13H,1-3,8-10H2,(H,17,18). The maximum Gasteiger partial charge on any atom is 0.228 e. The van der Waals surface area contributed by atoms with E-state index in [9.17, 15) is 4.79 Å². The van der Waals surface area contributed by atoms with Crippen LogP contribution in [-0.4, -0.2) is 5.91 Å². The van der Waals surface area contributed by atoms with Crippen molar-refractivity contribution in [2.45, 2.75) is 38.5 Å². The highest BCUT2D eigenvalue weighted by atomic mass is 35.5. The Hall–Kier alpha value is -1.02. The molecule has 3 rings (SSSR count). The third kappa shape index (κ3) is 2.26. The lowest BCUT2D eigenvalue weighted by molar-refractivity contribution is -0.118. The van der Waals surface area contributed by atoms with E-state index in [1.54, 1.807) is 12.1 Å². The summed E-state index contributed by atoms with van der Waals surface area (Å²) in [5.74, 6) is 0.438. The average Bonchev–Trinajstić information content (AvgIpc) is 3.07. The van der Waals surface area contributed by atoms with Crippen molar-refractivity contribution in [2.24, 2.45) is 11.3 Å². The third-order valence-corrected chi connectivity index (χ3v) is 4.72. The van der Waals surface area contributed by atoms with Crippen molar-refractivity contribution in [1.29, 1.82) is 0 Å². The van der Waals surface area contributed by atoms with Crippen molar-refractivity contribution >= 4 is 23.2 Å². The van der Waals surface area contributed by atoms with Gasteiger partial charge in [0.15, 0.2) is 0 Å². The molecule has 0 radical (unpaired) electrons. The molecule has 0 heterocycles. The van der Waals surface area contributed by atoms with Crippen LogP contribution in [0.4, 0.5) is 5.69 Å². The van der Waals surface area contributed by atoms with Crippen LogP contribution in [0.2, 0.25) is 5.02 Å². The zero-order valence-corrected chi connectivity index (χ0v) is 11.2. The molecule has 1 amide bonds. The van der Waals surface area contributed by atoms with Gasteiger partial charge in [-0.15, -0.1) is 0 Å². The van der Waals surface area contributed by atoms with Gasteiger partial charge < -0.3 is 5.32 Å². The first-order chi connectivity index (χ1) is 8.70. The monoisotopic (exact) mass is 263 g/mol. The minimum atomic E-state index is 0.194. The Morgan fingerprint density at radius 1 is 1.17 bits per heavy atom. The SMILES string of the molecule is O=C(Nc1ccc(Cl)cc1)C1CC12CCCCC2. The molecule has 0 saturated heterocycles. The van der Waals surface area contributed by atoms with Crippen molar-refractivity contribution < 1.29 is 4.79 Å². The molecule has 1 unspecified atom stereocenters. The number of carbonyl (C=O) groups is 1. The molecule has 1 aromatic carbocycles. The predicted molar refractivity (Wildman–Crippen MR) is 73.7 cm³/mol. The largest absolute Gasteiger partial charge is 0.326 e. The number of amides is 1. The Balaban J connectivity index is 1.61. The Bertz CT molecular complexity index is 448. The number of hydrogen-bond donors (Lipinski definition) is 1. The van der Waals surface area contributed by atoms with Crippen LogP contribution >= 0.6 is 11.6 Å². The van der Waals surface area contributed by atoms with E-state index >= 15 is 0 Å². The van der Waals surface area contributed by atoms with Crippen molar-refractivity contribution in [2.75, 3.05) is 5.32 Å². The Morgan fingerprint density at radius 2 is 1.83 bits per heavy atom. The smallest absolute Gasteiger partial charge is 0.228 e. The van der Waals surface area contributed by atoms with Gasteiger partial charge in [0.05, 0.1) is 0 Å². The lowest BCUT2D eigenvalue weighted by Gasteiger charge is -2.22. The van der Waals surface area contributed by atoms with Gasteiger partial charge in [0, 0.05) is 16.6 Å². The minimum absolute atomic E-state index is 0.194. The van der Waals surface area contributed by atoms with Gasteiger partial charge in [0.2, 0.25) is 5.91 Å². The number of anilines is 1. The molecule has 1 N–H and O–H groups in total. The summed E-state index contributed by atoms with van der Waals surface area (Å²) < 4.78 is 0. The average molecular weight is 264 g/mol. The number of carbonyl (C=O) groups excluding carboxylic acids is 1. The van der Waals surface area contributed by atoms with Crippen LogP contribution in [0.1, 0.15) is 38.5 Å². The molecule has 1 spiro atoms. The van der Waals surface area contributed by atoms with E-state index in [2.05, 4.69) is 5.32 Å². The molecule has 0 bridgehead atoms. The summed E-state index contributed by atoms with van der Waals surface area (Å²) in [6.07, 6.45) is 7.51. The zero-order chi connectivity index (χ0) is 12.6. The quantitative estimate of drug-likeness (QED) is 0.849. The van der Waals surface area contributed by atoms with Crippen LogP contribution < -0.4 is 5.32 Å². The molecule has 0 aliphatic heterocycles. The fraction of sp³-hybridized carbons (Fsp3) is 0.533. The summed E-state index contributed by atoms with van der Waals surface area (Å²) in [4.78, 5) is 12.2. The highest BCUT2D eigenvalue weighted by molar-refractivity contribution is 6.30. The Morgan fingerprint density at radius 3 is 2.50 bits per heavy atom. The Kier molecular flexibility index (Phi) is 3.06. The van der Waals surface area contributed by atoms with E-state index in [0.717, 1.165) is 12.1 Å². The lowest BCUT2D eigenvalue weighted by atomic mass is 9.84. The predicted octanol–water partition coefficient (Wildman–Crippen LogP) is 4.25. The number of benzene rings is 1. The van der Waals surface area contributed by atoms with Crippen molar-refractivity contribution in [3.05, 3.63) is 29.3 Å². The number of rotatable bonds is 2. The van der Waals surface area contributed by atoms with E-state index in [1.807, 2.05) is 12.1 Å². The van der Waals surface area contributed by atoms with Crippen LogP contribution in [0.15, 0.2) is 24.3 Å². The van der Waals surface area contributed by atoms with Crippen molar-refractivity contribution in [3.63, 3.8) is 0 Å². The second kappa shape index (κ2) is 4.58. The molecule has 0 aromatic heterocycles. The summed E-state index contributed by atoms with van der Waals surface area (Å²) in [6.45, 7) is 0. The molecule has 96 valence electrons. The van der Waals surface area contributed by atoms with Crippen molar-refractivity contribution in [3.8, 4) is 0 Å². The van der Waals surface area contributed by atoms with Gasteiger partial charge >= 0.3 is 0 Å². The van der Waals surface area contributed by atoms with Crippen LogP contribution in [0.3, 0.4) is 0 Å². The first-order valence-electron chi connectivity index (χ1n) is 6.76. The van der Waals surface area contributed by atoms with Gasteiger partial charge in [-0.1, -0.05) is 30.9 Å². The Labute approximate surface area is 113 Å². The minimum Gasteiger partial charge on any atom is -0.326 e.